The lowest BCUT2D eigenvalue weighted by Crippen LogP contribution is -2.00. The smallest absolute Gasteiger partial charge is 0.258 e. The third kappa shape index (κ3) is 2.58. The number of benzene rings is 1. The molecule has 4 heteroatoms. The van der Waals surface area contributed by atoms with E-state index in [9.17, 15) is 10.1 Å². The minimum Gasteiger partial charge on any atom is -0.258 e. The first-order valence-electron chi connectivity index (χ1n) is 4.84. The van der Waals surface area contributed by atoms with Gasteiger partial charge >= 0.3 is 0 Å². The molecule has 0 bridgehead atoms. The average Bonchev–Trinajstić information content (AvgIpc) is 2.23. The molecule has 0 aromatic heterocycles. The largest absolute Gasteiger partial charge is 0.272 e. The second-order valence-electron chi connectivity index (χ2n) is 3.13. The van der Waals surface area contributed by atoms with Gasteiger partial charge in [-0.15, -0.1) is 0 Å². The summed E-state index contributed by atoms with van der Waals surface area (Å²) in [7, 11) is 0. The lowest BCUT2D eigenvalue weighted by Gasteiger charge is -2.05. The van der Waals surface area contributed by atoms with Gasteiger partial charge in [0.05, 0.1) is 10.5 Å². The number of halogens is 1. The van der Waals surface area contributed by atoms with Crippen molar-refractivity contribution in [2.45, 2.75) is 13.8 Å². The first-order chi connectivity index (χ1) is 7.61. The molecule has 3 nitrogen and oxygen atoms in total. The number of hydrogen-bond donors (Lipinski definition) is 0. The molecular formula is C12H12BrNO2. The SMILES string of the molecule is C/C=C\c1c(Br)cccc1/C(=C\C)[N+](=O)[O-]. The molecule has 0 saturated heterocycles. The molecule has 84 valence electrons. The molecular weight excluding hydrogens is 270 g/mol. The van der Waals surface area contributed by atoms with Crippen molar-refractivity contribution in [2.24, 2.45) is 0 Å². The highest BCUT2D eigenvalue weighted by atomic mass is 79.9. The summed E-state index contributed by atoms with van der Waals surface area (Å²) in [6, 6.07) is 5.41. The van der Waals surface area contributed by atoms with Crippen molar-refractivity contribution in [1.29, 1.82) is 0 Å². The van der Waals surface area contributed by atoms with E-state index >= 15 is 0 Å². The predicted octanol–water partition coefficient (Wildman–Crippen LogP) is 4.12. The van der Waals surface area contributed by atoms with Gasteiger partial charge in [0.2, 0.25) is 0 Å². The van der Waals surface area contributed by atoms with E-state index in [2.05, 4.69) is 15.9 Å². The molecule has 0 unspecified atom stereocenters. The van der Waals surface area contributed by atoms with Gasteiger partial charge in [0, 0.05) is 10.0 Å². The Kier molecular flexibility index (Phi) is 4.43. The molecule has 0 fully saturated rings. The van der Waals surface area contributed by atoms with Crippen LogP contribution in [0.2, 0.25) is 0 Å². The van der Waals surface area contributed by atoms with Gasteiger partial charge in [-0.3, -0.25) is 10.1 Å². The molecule has 0 atom stereocenters. The lowest BCUT2D eigenvalue weighted by atomic mass is 10.0. The van der Waals surface area contributed by atoms with E-state index in [1.165, 1.54) is 6.08 Å². The summed E-state index contributed by atoms with van der Waals surface area (Å²) in [4.78, 5) is 10.5. The molecule has 0 radical (unpaired) electrons. The van der Waals surface area contributed by atoms with Gasteiger partial charge in [-0.1, -0.05) is 34.1 Å². The average molecular weight is 282 g/mol. The molecule has 0 aliphatic rings. The predicted molar refractivity (Wildman–Crippen MR) is 69.5 cm³/mol. The molecule has 0 saturated carbocycles. The van der Waals surface area contributed by atoms with E-state index in [0.29, 0.717) is 5.56 Å². The fourth-order valence-electron chi connectivity index (χ4n) is 1.46. The Balaban J connectivity index is 3.44. The van der Waals surface area contributed by atoms with Gasteiger partial charge in [-0.2, -0.15) is 0 Å². The van der Waals surface area contributed by atoms with Crippen molar-refractivity contribution in [3.05, 3.63) is 56.1 Å². The van der Waals surface area contributed by atoms with Crippen LogP contribution in [0.5, 0.6) is 0 Å². The van der Waals surface area contributed by atoms with Crippen molar-refractivity contribution in [2.75, 3.05) is 0 Å². The third-order valence-electron chi connectivity index (χ3n) is 2.13. The fourth-order valence-corrected chi connectivity index (χ4v) is 1.95. The van der Waals surface area contributed by atoms with E-state index in [4.69, 9.17) is 0 Å². The van der Waals surface area contributed by atoms with E-state index < -0.39 is 0 Å². The topological polar surface area (TPSA) is 43.1 Å². The van der Waals surface area contributed by atoms with Gasteiger partial charge in [0.15, 0.2) is 0 Å². The Labute approximate surface area is 103 Å². The minimum atomic E-state index is -0.366. The zero-order valence-corrected chi connectivity index (χ0v) is 10.7. The van der Waals surface area contributed by atoms with Crippen molar-refractivity contribution in [3.8, 4) is 0 Å². The van der Waals surface area contributed by atoms with E-state index in [0.717, 1.165) is 10.0 Å². The van der Waals surface area contributed by atoms with Crippen LogP contribution >= 0.6 is 15.9 Å². The van der Waals surface area contributed by atoms with Crippen LogP contribution in [0.1, 0.15) is 25.0 Å². The summed E-state index contributed by atoms with van der Waals surface area (Å²) < 4.78 is 0.851. The monoisotopic (exact) mass is 281 g/mol. The Morgan fingerprint density at radius 1 is 1.44 bits per heavy atom. The molecule has 0 aliphatic heterocycles. The second kappa shape index (κ2) is 5.61. The van der Waals surface area contributed by atoms with Gasteiger partial charge in [0.1, 0.15) is 0 Å². The molecule has 0 N–H and O–H groups in total. The van der Waals surface area contributed by atoms with Crippen molar-refractivity contribution in [1.82, 2.24) is 0 Å². The van der Waals surface area contributed by atoms with Gasteiger partial charge in [-0.05, 0) is 32.1 Å². The maximum absolute atomic E-state index is 10.9. The summed E-state index contributed by atoms with van der Waals surface area (Å²) in [6.45, 7) is 3.54. The van der Waals surface area contributed by atoms with Crippen LogP contribution in [0, 0.1) is 10.1 Å². The van der Waals surface area contributed by atoms with Crippen molar-refractivity contribution >= 4 is 27.7 Å². The number of nitrogens with zero attached hydrogens (tertiary/aromatic N) is 1. The van der Waals surface area contributed by atoms with Crippen LogP contribution in [0.3, 0.4) is 0 Å². The maximum atomic E-state index is 10.9. The van der Waals surface area contributed by atoms with Crippen molar-refractivity contribution in [3.63, 3.8) is 0 Å². The standard InChI is InChI=1S/C12H12BrNO2/c1-3-6-9-10(7-5-8-11(9)13)12(4-2)14(15)16/h3-8H,1-2H3/b6-3-,12-4+. The van der Waals surface area contributed by atoms with Gasteiger partial charge < -0.3 is 0 Å². The van der Waals surface area contributed by atoms with E-state index in [-0.39, 0.29) is 10.6 Å². The minimum absolute atomic E-state index is 0.120. The number of allylic oxidation sites excluding steroid dienone is 2. The maximum Gasteiger partial charge on any atom is 0.272 e. The Bertz CT molecular complexity index is 464. The number of hydrogen-bond acceptors (Lipinski definition) is 2. The van der Waals surface area contributed by atoms with E-state index in [1.807, 2.05) is 25.1 Å². The van der Waals surface area contributed by atoms with Crippen LogP contribution in [0.15, 0.2) is 34.8 Å². The molecule has 1 rings (SSSR count). The van der Waals surface area contributed by atoms with Crippen LogP contribution < -0.4 is 0 Å². The second-order valence-corrected chi connectivity index (χ2v) is 3.99. The van der Waals surface area contributed by atoms with Gasteiger partial charge in [-0.25, -0.2) is 0 Å². The number of nitro groups is 1. The highest BCUT2D eigenvalue weighted by Crippen LogP contribution is 2.27. The fraction of sp³-hybridized carbons (Fsp3) is 0.167. The molecule has 0 amide bonds. The van der Waals surface area contributed by atoms with Crippen LogP contribution in [-0.4, -0.2) is 4.92 Å². The van der Waals surface area contributed by atoms with Crippen LogP contribution in [0.4, 0.5) is 0 Å². The summed E-state index contributed by atoms with van der Waals surface area (Å²) in [5.74, 6) is 0. The Morgan fingerprint density at radius 2 is 2.12 bits per heavy atom. The zero-order chi connectivity index (χ0) is 12.1. The normalized spacial score (nSPS) is 12.1. The van der Waals surface area contributed by atoms with Crippen LogP contribution in [-0.2, 0) is 0 Å². The van der Waals surface area contributed by atoms with Gasteiger partial charge in [0.25, 0.3) is 5.70 Å². The summed E-state index contributed by atoms with van der Waals surface area (Å²) in [5, 5.41) is 10.9. The third-order valence-corrected chi connectivity index (χ3v) is 2.82. The highest BCUT2D eigenvalue weighted by molar-refractivity contribution is 9.10. The molecule has 1 aromatic carbocycles. The number of rotatable bonds is 3. The summed E-state index contributed by atoms with van der Waals surface area (Å²) >= 11 is 3.39. The van der Waals surface area contributed by atoms with Crippen molar-refractivity contribution < 1.29 is 4.92 Å². The molecule has 0 heterocycles. The Morgan fingerprint density at radius 3 is 2.62 bits per heavy atom. The lowest BCUT2D eigenvalue weighted by molar-refractivity contribution is -0.375. The Hall–Kier alpha value is -1.42. The molecule has 1 aromatic rings. The van der Waals surface area contributed by atoms with E-state index in [1.54, 1.807) is 19.1 Å². The molecule has 16 heavy (non-hydrogen) atoms. The zero-order valence-electron chi connectivity index (χ0n) is 9.11. The first-order valence-corrected chi connectivity index (χ1v) is 5.63. The quantitative estimate of drug-likeness (QED) is 0.618. The summed E-state index contributed by atoms with van der Waals surface area (Å²) in [6.07, 6.45) is 5.22. The highest BCUT2D eigenvalue weighted by Gasteiger charge is 2.16. The molecule has 0 spiro atoms. The summed E-state index contributed by atoms with van der Waals surface area (Å²) in [5.41, 5.74) is 1.57. The first kappa shape index (κ1) is 12.6. The molecule has 0 aliphatic carbocycles. The van der Waals surface area contributed by atoms with Crippen LogP contribution in [0.25, 0.3) is 11.8 Å².